The zero-order valence-corrected chi connectivity index (χ0v) is 10.9. The topological polar surface area (TPSA) is 17.1 Å². The summed E-state index contributed by atoms with van der Waals surface area (Å²) in [4.78, 5) is 12.3. The van der Waals surface area contributed by atoms with Crippen LogP contribution in [0.15, 0.2) is 0 Å². The minimum atomic E-state index is -0.00521. The van der Waals surface area contributed by atoms with Crippen LogP contribution in [0.3, 0.4) is 0 Å². The molecule has 0 aromatic rings. The van der Waals surface area contributed by atoms with Crippen molar-refractivity contribution >= 4 is 5.78 Å². The van der Waals surface area contributed by atoms with Crippen LogP contribution in [0.2, 0.25) is 0 Å². The molecule has 0 aromatic heterocycles. The molecule has 1 fully saturated rings. The molecule has 1 heteroatoms. The predicted octanol–water partition coefficient (Wildman–Crippen LogP) is 4.35. The van der Waals surface area contributed by atoms with Gasteiger partial charge in [-0.3, -0.25) is 4.79 Å². The van der Waals surface area contributed by atoms with Gasteiger partial charge in [-0.25, -0.2) is 0 Å². The Hall–Kier alpha value is -0.330. The summed E-state index contributed by atoms with van der Waals surface area (Å²) in [6, 6.07) is 0. The third kappa shape index (κ3) is 1.64. The molecule has 0 aliphatic heterocycles. The summed E-state index contributed by atoms with van der Waals surface area (Å²) in [6.45, 7) is 8.93. The van der Waals surface area contributed by atoms with Gasteiger partial charge in [-0.15, -0.1) is 0 Å². The summed E-state index contributed by atoms with van der Waals surface area (Å²) in [7, 11) is 0. The van der Waals surface area contributed by atoms with Gasteiger partial charge < -0.3 is 0 Å². The Kier molecular flexibility index (Phi) is 3.97. The molecule has 0 aromatic carbocycles. The fraction of sp³-hybridized carbons (Fsp3) is 0.929. The van der Waals surface area contributed by atoms with Gasteiger partial charge in [0.2, 0.25) is 0 Å². The van der Waals surface area contributed by atoms with Gasteiger partial charge in [0.1, 0.15) is 5.78 Å². The Balaban J connectivity index is 3.15. The molecule has 1 aliphatic rings. The van der Waals surface area contributed by atoms with Gasteiger partial charge in [0.05, 0.1) is 0 Å². The molecular weight excluding hydrogens is 184 g/mol. The van der Waals surface area contributed by atoms with Crippen LogP contribution in [-0.4, -0.2) is 5.78 Å². The predicted molar refractivity (Wildman–Crippen MR) is 64.9 cm³/mol. The highest BCUT2D eigenvalue weighted by Crippen LogP contribution is 2.56. The number of hydrogen-bond acceptors (Lipinski definition) is 1. The number of hydrogen-bond donors (Lipinski definition) is 0. The second-order valence-corrected chi connectivity index (χ2v) is 5.05. The first kappa shape index (κ1) is 12.7. The van der Waals surface area contributed by atoms with E-state index in [-0.39, 0.29) is 5.41 Å². The van der Waals surface area contributed by atoms with Crippen molar-refractivity contribution in [3.8, 4) is 0 Å². The lowest BCUT2D eigenvalue weighted by molar-refractivity contribution is -0.145. The lowest BCUT2D eigenvalue weighted by Gasteiger charge is -2.52. The molecular formula is C14H26O. The molecule has 1 nitrogen and oxygen atoms in total. The Morgan fingerprint density at radius 2 is 1.53 bits per heavy atom. The van der Waals surface area contributed by atoms with E-state index in [2.05, 4.69) is 27.7 Å². The van der Waals surface area contributed by atoms with Crippen LogP contribution in [0.5, 0.6) is 0 Å². The first-order valence-corrected chi connectivity index (χ1v) is 6.65. The largest absolute Gasteiger partial charge is 0.299 e. The van der Waals surface area contributed by atoms with E-state index >= 15 is 0 Å². The van der Waals surface area contributed by atoms with Gasteiger partial charge in [0.15, 0.2) is 0 Å². The number of rotatable bonds is 4. The van der Waals surface area contributed by atoms with Gasteiger partial charge >= 0.3 is 0 Å². The second-order valence-electron chi connectivity index (χ2n) is 5.05. The molecule has 0 atom stereocenters. The van der Waals surface area contributed by atoms with E-state index < -0.39 is 0 Å². The van der Waals surface area contributed by atoms with Crippen molar-refractivity contribution in [1.82, 2.24) is 0 Å². The molecule has 0 heterocycles. The normalized spacial score (nSPS) is 24.1. The Morgan fingerprint density at radius 1 is 1.00 bits per heavy atom. The highest BCUT2D eigenvalue weighted by Gasteiger charge is 2.52. The maximum Gasteiger partial charge on any atom is 0.139 e. The second kappa shape index (κ2) is 4.67. The molecule has 88 valence electrons. The van der Waals surface area contributed by atoms with Crippen molar-refractivity contribution in [2.45, 2.75) is 72.6 Å². The summed E-state index contributed by atoms with van der Waals surface area (Å²) in [5.74, 6) is 0.544. The smallest absolute Gasteiger partial charge is 0.139 e. The van der Waals surface area contributed by atoms with Crippen molar-refractivity contribution < 1.29 is 4.79 Å². The maximum atomic E-state index is 12.3. The number of carbonyl (C=O) groups is 1. The zero-order valence-electron chi connectivity index (χ0n) is 10.9. The highest BCUT2D eigenvalue weighted by molar-refractivity contribution is 5.86. The molecule has 1 rings (SSSR count). The van der Waals surface area contributed by atoms with Gasteiger partial charge in [-0.1, -0.05) is 27.7 Å². The molecule has 0 spiro atoms. The van der Waals surface area contributed by atoms with Gasteiger partial charge in [-0.2, -0.15) is 0 Å². The first-order valence-electron chi connectivity index (χ1n) is 6.65. The fourth-order valence-corrected chi connectivity index (χ4v) is 4.04. The van der Waals surface area contributed by atoms with E-state index in [1.54, 1.807) is 0 Å². The number of carbonyl (C=O) groups excluding carboxylic acids is 1. The third-order valence-electron chi connectivity index (χ3n) is 5.17. The average molecular weight is 210 g/mol. The Labute approximate surface area is 94.6 Å². The van der Waals surface area contributed by atoms with E-state index in [1.165, 1.54) is 6.42 Å². The summed E-state index contributed by atoms with van der Waals surface area (Å²) < 4.78 is 0. The minimum Gasteiger partial charge on any atom is -0.299 e. The Morgan fingerprint density at radius 3 is 1.87 bits per heavy atom. The van der Waals surface area contributed by atoms with Crippen molar-refractivity contribution in [2.75, 3.05) is 0 Å². The SMILES string of the molecule is CCC1(CC)CCCC(=O)C1(CC)CC. The van der Waals surface area contributed by atoms with Crippen LogP contribution in [-0.2, 0) is 4.79 Å². The van der Waals surface area contributed by atoms with Crippen molar-refractivity contribution in [1.29, 1.82) is 0 Å². The highest BCUT2D eigenvalue weighted by atomic mass is 16.1. The van der Waals surface area contributed by atoms with Crippen LogP contribution >= 0.6 is 0 Å². The van der Waals surface area contributed by atoms with E-state index in [9.17, 15) is 4.79 Å². The molecule has 0 unspecified atom stereocenters. The van der Waals surface area contributed by atoms with E-state index in [0.717, 1.165) is 38.5 Å². The number of ketones is 1. The van der Waals surface area contributed by atoms with Crippen LogP contribution in [0, 0.1) is 10.8 Å². The molecule has 0 amide bonds. The van der Waals surface area contributed by atoms with E-state index in [4.69, 9.17) is 0 Å². The molecule has 0 bridgehead atoms. The summed E-state index contributed by atoms with van der Waals surface area (Å²) in [5, 5.41) is 0. The lowest BCUT2D eigenvalue weighted by atomic mass is 9.51. The lowest BCUT2D eigenvalue weighted by Crippen LogP contribution is -2.49. The van der Waals surface area contributed by atoms with E-state index in [0.29, 0.717) is 11.2 Å². The van der Waals surface area contributed by atoms with E-state index in [1.807, 2.05) is 0 Å². The van der Waals surface area contributed by atoms with Crippen molar-refractivity contribution in [3.63, 3.8) is 0 Å². The van der Waals surface area contributed by atoms with Crippen molar-refractivity contribution in [2.24, 2.45) is 10.8 Å². The molecule has 0 N–H and O–H groups in total. The molecule has 0 radical (unpaired) electrons. The Bertz CT molecular complexity index is 221. The molecule has 0 saturated heterocycles. The van der Waals surface area contributed by atoms with Gasteiger partial charge in [-0.05, 0) is 43.9 Å². The first-order chi connectivity index (χ1) is 7.12. The van der Waals surface area contributed by atoms with Crippen LogP contribution in [0.25, 0.3) is 0 Å². The van der Waals surface area contributed by atoms with Gasteiger partial charge in [0, 0.05) is 11.8 Å². The summed E-state index contributed by atoms with van der Waals surface area (Å²) in [6.07, 6.45) is 7.58. The van der Waals surface area contributed by atoms with Crippen LogP contribution in [0.4, 0.5) is 0 Å². The number of Topliss-reactive ketones (excluding diaryl/α,β-unsaturated/α-hetero) is 1. The monoisotopic (exact) mass is 210 g/mol. The van der Waals surface area contributed by atoms with Gasteiger partial charge in [0.25, 0.3) is 0 Å². The standard InChI is InChI=1S/C14H26O/c1-5-13(6-2)11-9-10-12(15)14(13,7-3)8-4/h5-11H2,1-4H3. The summed E-state index contributed by atoms with van der Waals surface area (Å²) in [5.41, 5.74) is 0.292. The molecule has 1 saturated carbocycles. The molecule has 15 heavy (non-hydrogen) atoms. The fourth-order valence-electron chi connectivity index (χ4n) is 4.04. The quantitative estimate of drug-likeness (QED) is 0.674. The van der Waals surface area contributed by atoms with Crippen molar-refractivity contribution in [3.05, 3.63) is 0 Å². The molecule has 1 aliphatic carbocycles. The van der Waals surface area contributed by atoms with Crippen LogP contribution < -0.4 is 0 Å². The zero-order chi connectivity index (χ0) is 11.5. The minimum absolute atomic E-state index is 0.00521. The summed E-state index contributed by atoms with van der Waals surface area (Å²) >= 11 is 0. The average Bonchev–Trinajstić information content (AvgIpc) is 2.29. The van der Waals surface area contributed by atoms with Crippen LogP contribution in [0.1, 0.15) is 72.6 Å². The maximum absolute atomic E-state index is 12.3. The third-order valence-corrected chi connectivity index (χ3v) is 5.17.